The molecule has 0 aliphatic carbocycles. The Hall–Kier alpha value is -2.60. The van der Waals surface area contributed by atoms with Crippen LogP contribution in [0.15, 0.2) is 54.6 Å². The van der Waals surface area contributed by atoms with Crippen LogP contribution in [0.1, 0.15) is 25.2 Å². The number of carboxylic acids is 1. The Morgan fingerprint density at radius 3 is 2.09 bits per heavy atom. The van der Waals surface area contributed by atoms with Gasteiger partial charge in [-0.2, -0.15) is 0 Å². The Balaban J connectivity index is 0.000000406. The lowest BCUT2D eigenvalue weighted by Gasteiger charge is -2.21. The van der Waals surface area contributed by atoms with Crippen LogP contribution in [0, 0.1) is 5.41 Å². The molecule has 0 saturated heterocycles. The summed E-state index contributed by atoms with van der Waals surface area (Å²) in [6, 6.07) is 18.0. The fourth-order valence-corrected chi connectivity index (χ4v) is 4.63. The third kappa shape index (κ3) is 6.29. The second-order valence-corrected chi connectivity index (χ2v) is 11.2. The number of halogens is 1. The maximum Gasteiger partial charge on any atom is 0.309 e. The van der Waals surface area contributed by atoms with Crippen LogP contribution in [-0.4, -0.2) is 59.5 Å². The Morgan fingerprint density at radius 1 is 1.00 bits per heavy atom. The molecular formula is C28H36ClN2O3+. The molecule has 0 unspecified atom stereocenters. The summed E-state index contributed by atoms with van der Waals surface area (Å²) in [5.74, 6) is -0.810. The summed E-state index contributed by atoms with van der Waals surface area (Å²) in [5, 5.41) is 18.6. The van der Waals surface area contributed by atoms with E-state index in [-0.39, 0.29) is 18.4 Å². The quantitative estimate of drug-likeness (QED) is 0.463. The third-order valence-electron chi connectivity index (χ3n) is 6.00. The fourth-order valence-electron chi connectivity index (χ4n) is 4.50. The number of carboxylic acid groups (broad SMARTS) is 1. The zero-order valence-electron chi connectivity index (χ0n) is 20.8. The summed E-state index contributed by atoms with van der Waals surface area (Å²) < 4.78 is 3.08. The van der Waals surface area contributed by atoms with Crippen LogP contribution in [0.5, 0.6) is 0 Å². The van der Waals surface area contributed by atoms with Crippen LogP contribution in [0.2, 0.25) is 5.02 Å². The Kier molecular flexibility index (Phi) is 7.91. The first-order chi connectivity index (χ1) is 15.9. The van der Waals surface area contributed by atoms with Crippen LogP contribution in [0.3, 0.4) is 0 Å². The number of rotatable bonds is 6. The molecule has 1 aromatic heterocycles. The van der Waals surface area contributed by atoms with Gasteiger partial charge in [0.2, 0.25) is 0 Å². The molecule has 0 atom stereocenters. The Bertz CT molecular complexity index is 1130. The van der Waals surface area contributed by atoms with Crippen molar-refractivity contribution in [1.29, 1.82) is 0 Å². The first-order valence-corrected chi connectivity index (χ1v) is 12.0. The number of hydrogen-bond donors (Lipinski definition) is 2. The SMILES string of the molecule is CC1(C)Cc2c(-c3ccccc3)c(-c3ccc(Cl)cc3)c(CC(=O)O)n2C1.C[N+](C)(C)CCO. The van der Waals surface area contributed by atoms with Gasteiger partial charge in [0.1, 0.15) is 6.54 Å². The number of likely N-dealkylation sites (N-methyl/N-ethyl adjacent to an activating group) is 1. The molecule has 182 valence electrons. The van der Waals surface area contributed by atoms with Crippen LogP contribution >= 0.6 is 11.6 Å². The second-order valence-electron chi connectivity index (χ2n) is 10.8. The number of quaternary nitrogens is 1. The summed E-state index contributed by atoms with van der Waals surface area (Å²) >= 11 is 6.09. The van der Waals surface area contributed by atoms with Gasteiger partial charge in [0.05, 0.1) is 34.2 Å². The van der Waals surface area contributed by atoms with Crippen molar-refractivity contribution < 1.29 is 19.5 Å². The molecule has 34 heavy (non-hydrogen) atoms. The van der Waals surface area contributed by atoms with Gasteiger partial charge in [-0.15, -0.1) is 0 Å². The van der Waals surface area contributed by atoms with Gasteiger partial charge in [-0.3, -0.25) is 4.79 Å². The summed E-state index contributed by atoms with van der Waals surface area (Å²) in [5.41, 5.74) is 6.53. The number of fused-ring (bicyclic) bond motifs is 1. The van der Waals surface area contributed by atoms with E-state index in [1.807, 2.05) is 42.5 Å². The van der Waals surface area contributed by atoms with Gasteiger partial charge in [-0.25, -0.2) is 0 Å². The molecule has 0 amide bonds. The highest BCUT2D eigenvalue weighted by atomic mass is 35.5. The van der Waals surface area contributed by atoms with E-state index < -0.39 is 5.97 Å². The van der Waals surface area contributed by atoms with Crippen molar-refractivity contribution in [1.82, 2.24) is 4.57 Å². The standard InChI is InChI=1S/C23H22ClNO2.C5H14NO/c1-23(2)13-19-22(15-6-4-3-5-7-15)21(16-8-10-17(24)11-9-16)18(12-20(26)27)25(19)14-23;1-6(2,3)4-5-7/h3-11H,12-14H2,1-2H3,(H,26,27);7H,4-5H2,1-3H3/q;+1. The average Bonchev–Trinajstić information content (AvgIpc) is 3.19. The predicted molar refractivity (Wildman–Crippen MR) is 139 cm³/mol. The zero-order valence-corrected chi connectivity index (χ0v) is 21.6. The smallest absolute Gasteiger partial charge is 0.309 e. The molecule has 6 heteroatoms. The molecule has 5 nitrogen and oxygen atoms in total. The van der Waals surface area contributed by atoms with Crippen molar-refractivity contribution >= 4 is 17.6 Å². The number of nitrogens with zero attached hydrogens (tertiary/aromatic N) is 2. The molecule has 2 N–H and O–H groups in total. The minimum atomic E-state index is -0.810. The van der Waals surface area contributed by atoms with E-state index in [1.54, 1.807) is 0 Å². The third-order valence-corrected chi connectivity index (χ3v) is 6.25. The lowest BCUT2D eigenvalue weighted by atomic mass is 9.86. The lowest BCUT2D eigenvalue weighted by molar-refractivity contribution is -0.870. The molecule has 0 bridgehead atoms. The summed E-state index contributed by atoms with van der Waals surface area (Å²) in [7, 11) is 6.16. The number of hydrogen-bond acceptors (Lipinski definition) is 2. The van der Waals surface area contributed by atoms with E-state index >= 15 is 0 Å². The summed E-state index contributed by atoms with van der Waals surface area (Å²) in [4.78, 5) is 11.7. The Morgan fingerprint density at radius 2 is 1.59 bits per heavy atom. The molecule has 0 spiro atoms. The van der Waals surface area contributed by atoms with E-state index in [2.05, 4.69) is 51.7 Å². The molecule has 0 saturated carbocycles. The normalized spacial score (nSPS) is 14.3. The maximum absolute atomic E-state index is 11.7. The summed E-state index contributed by atoms with van der Waals surface area (Å²) in [6.07, 6.45) is 0.936. The molecule has 0 fully saturated rings. The van der Waals surface area contributed by atoms with Crippen molar-refractivity contribution in [2.45, 2.75) is 33.2 Å². The summed E-state index contributed by atoms with van der Waals surface area (Å²) in [6.45, 7) is 6.42. The molecular weight excluding hydrogens is 448 g/mol. The first-order valence-electron chi connectivity index (χ1n) is 11.6. The van der Waals surface area contributed by atoms with Crippen LogP contribution < -0.4 is 0 Å². The van der Waals surface area contributed by atoms with Crippen molar-refractivity contribution in [3.05, 3.63) is 71.0 Å². The van der Waals surface area contributed by atoms with Crippen molar-refractivity contribution in [3.63, 3.8) is 0 Å². The molecule has 2 aromatic carbocycles. The largest absolute Gasteiger partial charge is 0.481 e. The molecule has 3 aromatic rings. The highest BCUT2D eigenvalue weighted by Crippen LogP contribution is 2.47. The van der Waals surface area contributed by atoms with E-state index in [1.165, 1.54) is 5.69 Å². The van der Waals surface area contributed by atoms with Crippen LogP contribution in [0.25, 0.3) is 22.3 Å². The van der Waals surface area contributed by atoms with Gasteiger partial charge in [-0.1, -0.05) is 67.9 Å². The average molecular weight is 484 g/mol. The number of aliphatic carboxylic acids is 1. The van der Waals surface area contributed by atoms with Gasteiger partial charge in [-0.05, 0) is 35.1 Å². The zero-order chi connectivity index (χ0) is 25.1. The van der Waals surface area contributed by atoms with E-state index in [9.17, 15) is 9.90 Å². The minimum absolute atomic E-state index is 0.00781. The predicted octanol–water partition coefficient (Wildman–Crippen LogP) is 5.37. The van der Waals surface area contributed by atoms with E-state index in [0.29, 0.717) is 5.02 Å². The molecule has 1 aliphatic heterocycles. The molecule has 1 aliphatic rings. The number of carbonyl (C=O) groups is 1. The number of benzene rings is 2. The first kappa shape index (κ1) is 26.0. The molecule has 4 rings (SSSR count). The van der Waals surface area contributed by atoms with Crippen LogP contribution in [0.4, 0.5) is 0 Å². The highest BCUT2D eigenvalue weighted by Gasteiger charge is 2.36. The van der Waals surface area contributed by atoms with Gasteiger partial charge in [0.25, 0.3) is 0 Å². The van der Waals surface area contributed by atoms with Gasteiger partial charge >= 0.3 is 5.97 Å². The fraction of sp³-hybridized carbons (Fsp3) is 0.393. The second kappa shape index (κ2) is 10.3. The van der Waals surface area contributed by atoms with E-state index in [0.717, 1.165) is 51.9 Å². The van der Waals surface area contributed by atoms with Crippen molar-refractivity contribution in [2.75, 3.05) is 34.3 Å². The van der Waals surface area contributed by atoms with Gasteiger partial charge in [0.15, 0.2) is 0 Å². The molecule has 2 heterocycles. The van der Waals surface area contributed by atoms with Gasteiger partial charge in [0, 0.05) is 34.1 Å². The lowest BCUT2D eigenvalue weighted by Crippen LogP contribution is -2.36. The number of aromatic nitrogens is 1. The van der Waals surface area contributed by atoms with Gasteiger partial charge < -0.3 is 19.3 Å². The topological polar surface area (TPSA) is 62.5 Å². The Labute approximate surface area is 207 Å². The van der Waals surface area contributed by atoms with Crippen molar-refractivity contribution in [2.24, 2.45) is 5.41 Å². The van der Waals surface area contributed by atoms with E-state index in [4.69, 9.17) is 16.7 Å². The van der Waals surface area contributed by atoms with Crippen molar-refractivity contribution in [3.8, 4) is 22.3 Å². The number of aliphatic hydroxyl groups is 1. The highest BCUT2D eigenvalue weighted by molar-refractivity contribution is 6.30. The number of aliphatic hydroxyl groups excluding tert-OH is 1. The monoisotopic (exact) mass is 483 g/mol. The maximum atomic E-state index is 11.7. The molecule has 0 radical (unpaired) electrons. The van der Waals surface area contributed by atoms with Crippen LogP contribution in [-0.2, 0) is 24.2 Å². The minimum Gasteiger partial charge on any atom is -0.481 e.